The Labute approximate surface area is 231 Å². The maximum atomic E-state index is 13.6. The molecule has 0 bridgehead atoms. The monoisotopic (exact) mass is 556 g/mol. The molecule has 3 atom stereocenters. The van der Waals surface area contributed by atoms with Crippen LogP contribution in [0, 0.1) is 0 Å². The van der Waals surface area contributed by atoms with Gasteiger partial charge in [0.1, 0.15) is 11.4 Å². The zero-order chi connectivity index (χ0) is 26.3. The lowest BCUT2D eigenvalue weighted by atomic mass is 9.98. The summed E-state index contributed by atoms with van der Waals surface area (Å²) in [5.41, 5.74) is 5.39. The molecule has 5 rings (SSSR count). The normalized spacial score (nSPS) is 20.0. The van der Waals surface area contributed by atoms with E-state index in [-0.39, 0.29) is 18.6 Å². The Morgan fingerprint density at radius 1 is 1.00 bits per heavy atom. The number of ether oxygens (including phenoxy) is 1. The maximum absolute atomic E-state index is 13.6. The van der Waals surface area contributed by atoms with E-state index >= 15 is 0 Å². The molecular formula is C29H30Cl2N2O3S. The Balaban J connectivity index is 1.39. The molecule has 8 heteroatoms. The molecule has 1 saturated heterocycles. The van der Waals surface area contributed by atoms with Gasteiger partial charge < -0.3 is 9.29 Å². The number of nitrogens with one attached hydrogen (secondary N) is 1. The average molecular weight is 558 g/mol. The summed E-state index contributed by atoms with van der Waals surface area (Å²) in [5, 5.41) is 0.801. The van der Waals surface area contributed by atoms with E-state index in [1.54, 1.807) is 11.0 Å². The number of hydrogen-bond donors (Lipinski definition) is 1. The van der Waals surface area contributed by atoms with Gasteiger partial charge in [0.2, 0.25) is 0 Å². The molecule has 0 radical (unpaired) electrons. The van der Waals surface area contributed by atoms with Gasteiger partial charge in [0.05, 0.1) is 22.1 Å². The van der Waals surface area contributed by atoms with Crippen molar-refractivity contribution in [2.24, 2.45) is 0 Å². The number of carbonyl (C=O) groups excluding carboxylic acids is 1. The van der Waals surface area contributed by atoms with Gasteiger partial charge in [-0.1, -0.05) is 83.9 Å². The fraction of sp³-hybridized carbons (Fsp3) is 0.345. The van der Waals surface area contributed by atoms with Crippen LogP contribution in [0.15, 0.2) is 66.7 Å². The number of likely N-dealkylation sites (tertiary alicyclic amines) is 1. The van der Waals surface area contributed by atoms with Gasteiger partial charge >= 0.3 is 6.09 Å². The molecular weight excluding hydrogens is 527 g/mol. The molecule has 5 nitrogen and oxygen atoms in total. The number of amides is 1. The van der Waals surface area contributed by atoms with Crippen LogP contribution in [0.1, 0.15) is 55.8 Å². The summed E-state index contributed by atoms with van der Waals surface area (Å²) in [4.78, 5) is 15.2. The van der Waals surface area contributed by atoms with Gasteiger partial charge in [-0.3, -0.25) is 4.90 Å². The van der Waals surface area contributed by atoms with Crippen molar-refractivity contribution < 1.29 is 14.1 Å². The Hall–Kier alpha value is -2.22. The predicted molar refractivity (Wildman–Crippen MR) is 150 cm³/mol. The minimum Gasteiger partial charge on any atom is -0.598 e. The first kappa shape index (κ1) is 26.4. The van der Waals surface area contributed by atoms with Crippen LogP contribution in [0.2, 0.25) is 10.0 Å². The summed E-state index contributed by atoms with van der Waals surface area (Å²) < 4.78 is 21.7. The second-order valence-corrected chi connectivity index (χ2v) is 13.3. The van der Waals surface area contributed by atoms with E-state index in [0.29, 0.717) is 28.6 Å². The smallest absolute Gasteiger partial charge is 0.410 e. The van der Waals surface area contributed by atoms with Crippen molar-refractivity contribution in [3.05, 3.63) is 93.5 Å². The van der Waals surface area contributed by atoms with Crippen LogP contribution in [0.25, 0.3) is 11.1 Å². The fourth-order valence-corrected chi connectivity index (χ4v) is 6.54. The first-order valence-corrected chi connectivity index (χ1v) is 14.3. The minimum atomic E-state index is -1.32. The zero-order valence-electron chi connectivity index (χ0n) is 21.0. The highest BCUT2D eigenvalue weighted by Crippen LogP contribution is 2.45. The van der Waals surface area contributed by atoms with Crippen molar-refractivity contribution in [1.29, 1.82) is 0 Å². The Bertz CT molecular complexity index is 1270. The van der Waals surface area contributed by atoms with E-state index in [0.717, 1.165) is 11.1 Å². The molecule has 1 amide bonds. The summed E-state index contributed by atoms with van der Waals surface area (Å²) >= 11 is 11.6. The molecule has 1 fully saturated rings. The van der Waals surface area contributed by atoms with E-state index in [9.17, 15) is 9.35 Å². The number of nitrogens with zero attached hydrogens (tertiary/aromatic N) is 1. The number of carbonyl (C=O) groups is 1. The zero-order valence-corrected chi connectivity index (χ0v) is 23.4. The molecule has 3 aromatic carbocycles. The molecule has 1 unspecified atom stereocenters. The molecule has 1 aliphatic heterocycles. The number of fused-ring (bicyclic) bond motifs is 3. The van der Waals surface area contributed by atoms with Crippen LogP contribution >= 0.6 is 23.2 Å². The lowest BCUT2D eigenvalue weighted by molar-refractivity contribution is 0.0939. The van der Waals surface area contributed by atoms with Gasteiger partial charge in [-0.2, -0.15) is 0 Å². The topological polar surface area (TPSA) is 64.6 Å². The summed E-state index contributed by atoms with van der Waals surface area (Å²) in [6.07, 6.45) is 0.188. The van der Waals surface area contributed by atoms with Gasteiger partial charge in [-0.15, -0.1) is 4.72 Å². The Morgan fingerprint density at radius 2 is 1.59 bits per heavy atom. The van der Waals surface area contributed by atoms with Crippen LogP contribution in [-0.2, 0) is 16.1 Å². The maximum Gasteiger partial charge on any atom is 0.410 e. The second-order valence-electron chi connectivity index (χ2n) is 10.5. The summed E-state index contributed by atoms with van der Waals surface area (Å²) in [6.45, 7) is 6.41. The molecule has 0 aromatic heterocycles. The van der Waals surface area contributed by atoms with Crippen molar-refractivity contribution in [3.8, 4) is 11.1 Å². The third kappa shape index (κ3) is 5.10. The van der Waals surface area contributed by atoms with Crippen LogP contribution in [0.3, 0.4) is 0 Å². The van der Waals surface area contributed by atoms with Crippen LogP contribution in [0.4, 0.5) is 4.79 Å². The van der Waals surface area contributed by atoms with Crippen molar-refractivity contribution in [2.45, 2.75) is 49.9 Å². The van der Waals surface area contributed by atoms with Gasteiger partial charge in [0.25, 0.3) is 0 Å². The van der Waals surface area contributed by atoms with E-state index < -0.39 is 28.2 Å². The quantitative estimate of drug-likeness (QED) is 0.340. The lowest BCUT2D eigenvalue weighted by Gasteiger charge is -2.32. The highest BCUT2D eigenvalue weighted by molar-refractivity contribution is 7.90. The summed E-state index contributed by atoms with van der Waals surface area (Å²) in [5.74, 6) is -0.0329. The SMILES string of the molecule is CC(C)(C)[S+]([O-])N[C@@H]1CCN(C(=O)OCC2c3ccccc3-c3ccccc32)[C@@H]1c1cccc(Cl)c1Cl. The molecule has 2 aliphatic rings. The van der Waals surface area contributed by atoms with Crippen molar-refractivity contribution in [3.63, 3.8) is 0 Å². The van der Waals surface area contributed by atoms with Crippen molar-refractivity contribution in [2.75, 3.05) is 13.2 Å². The standard InChI is InChI=1S/C29H30Cl2N2O3S/c1-29(2,3)37(35)32-25-15-16-33(27(25)22-13-8-14-24(30)26(22)31)28(34)36-17-23-20-11-6-4-9-18(20)19-10-5-7-12-21(19)23/h4-14,23,25,27,32H,15-17H2,1-3H3/t25-,27-,37?/m1/s1. The fourth-order valence-electron chi connectivity index (χ4n) is 5.25. The molecule has 194 valence electrons. The Kier molecular flexibility index (Phi) is 7.49. The van der Waals surface area contributed by atoms with Crippen LogP contribution in [0.5, 0.6) is 0 Å². The number of hydrogen-bond acceptors (Lipinski definition) is 4. The molecule has 0 spiro atoms. The molecule has 1 aliphatic carbocycles. The van der Waals surface area contributed by atoms with E-state index in [1.165, 1.54) is 11.1 Å². The molecule has 0 saturated carbocycles. The van der Waals surface area contributed by atoms with Crippen molar-refractivity contribution >= 4 is 40.7 Å². The highest BCUT2D eigenvalue weighted by atomic mass is 35.5. The van der Waals surface area contributed by atoms with E-state index in [1.807, 2.05) is 57.2 Å². The Morgan fingerprint density at radius 3 is 2.22 bits per heavy atom. The van der Waals surface area contributed by atoms with E-state index in [4.69, 9.17) is 27.9 Å². The van der Waals surface area contributed by atoms with Gasteiger partial charge in [0.15, 0.2) is 0 Å². The largest absolute Gasteiger partial charge is 0.598 e. The summed E-state index contributed by atoms with van der Waals surface area (Å²) in [7, 11) is 0. The van der Waals surface area contributed by atoms with Crippen LogP contribution in [-0.4, -0.2) is 39.5 Å². The molecule has 1 N–H and O–H groups in total. The molecule has 1 heterocycles. The number of rotatable bonds is 5. The molecule has 3 aromatic rings. The van der Waals surface area contributed by atoms with E-state index in [2.05, 4.69) is 29.0 Å². The second kappa shape index (κ2) is 10.5. The lowest BCUT2D eigenvalue weighted by Crippen LogP contribution is -2.47. The third-order valence-corrected chi connectivity index (χ3v) is 9.55. The predicted octanol–water partition coefficient (Wildman–Crippen LogP) is 7.11. The number of benzene rings is 3. The average Bonchev–Trinajstić information content (AvgIpc) is 3.43. The minimum absolute atomic E-state index is 0.0329. The number of halogens is 2. The van der Waals surface area contributed by atoms with Gasteiger partial charge in [-0.25, -0.2) is 4.79 Å². The van der Waals surface area contributed by atoms with Crippen molar-refractivity contribution in [1.82, 2.24) is 9.62 Å². The van der Waals surface area contributed by atoms with Crippen LogP contribution < -0.4 is 4.72 Å². The highest BCUT2D eigenvalue weighted by Gasteiger charge is 2.44. The molecule has 37 heavy (non-hydrogen) atoms. The summed E-state index contributed by atoms with van der Waals surface area (Å²) in [6, 6.07) is 21.2. The first-order chi connectivity index (χ1) is 17.7. The third-order valence-electron chi connectivity index (χ3n) is 7.08. The van der Waals surface area contributed by atoms with Gasteiger partial charge in [-0.05, 0) is 61.1 Å². The van der Waals surface area contributed by atoms with Gasteiger partial charge in [0, 0.05) is 23.8 Å². The first-order valence-electron chi connectivity index (χ1n) is 12.4.